The first-order chi connectivity index (χ1) is 18.5. The molecular weight excluding hydrogens is 498 g/mol. The van der Waals surface area contributed by atoms with E-state index in [1.807, 2.05) is 31.2 Å². The summed E-state index contributed by atoms with van der Waals surface area (Å²) >= 11 is 0. The first kappa shape index (κ1) is 31.3. The Labute approximate surface area is 230 Å². The number of carbonyl (C=O) groups is 2. The third-order valence-electron chi connectivity index (χ3n) is 5.91. The van der Waals surface area contributed by atoms with E-state index in [4.69, 9.17) is 0 Å². The Morgan fingerprint density at radius 2 is 1.72 bits per heavy atom. The number of amides is 1. The molecule has 2 aromatic carbocycles. The monoisotopic (exact) mass is 539 g/mol. The molecule has 212 valence electrons. The van der Waals surface area contributed by atoms with Crippen LogP contribution in [0.2, 0.25) is 0 Å². The summed E-state index contributed by atoms with van der Waals surface area (Å²) in [6.45, 7) is 14.3. The number of piperidine rings is 1. The van der Waals surface area contributed by atoms with Crippen LogP contribution in [0.5, 0.6) is 11.5 Å². The first-order valence-corrected chi connectivity index (χ1v) is 13.2. The van der Waals surface area contributed by atoms with Gasteiger partial charge in [-0.25, -0.2) is 0 Å². The SMILES string of the molecule is C=N/N=C(/c1ccc(O)cc1O)N(CC(=O)NCC)c1ccc(CN2CCC(C(=O)O)CC2)cc1.CC(C)C. The van der Waals surface area contributed by atoms with Gasteiger partial charge in [0.1, 0.15) is 18.0 Å². The predicted molar refractivity (Wildman–Crippen MR) is 154 cm³/mol. The summed E-state index contributed by atoms with van der Waals surface area (Å²) in [6.07, 6.45) is 1.27. The highest BCUT2D eigenvalue weighted by atomic mass is 16.4. The van der Waals surface area contributed by atoms with Crippen molar-refractivity contribution < 1.29 is 24.9 Å². The Kier molecular flexibility index (Phi) is 12.4. The fourth-order valence-electron chi connectivity index (χ4n) is 4.09. The zero-order chi connectivity index (χ0) is 28.9. The van der Waals surface area contributed by atoms with Crippen molar-refractivity contribution >= 4 is 30.1 Å². The molecule has 0 unspecified atom stereocenters. The maximum Gasteiger partial charge on any atom is 0.306 e. The summed E-state index contributed by atoms with van der Waals surface area (Å²) in [4.78, 5) is 27.5. The Bertz CT molecular complexity index is 1120. The molecule has 0 spiro atoms. The van der Waals surface area contributed by atoms with Gasteiger partial charge >= 0.3 is 5.97 Å². The van der Waals surface area contributed by atoms with Crippen molar-refractivity contribution in [2.24, 2.45) is 22.0 Å². The third-order valence-corrected chi connectivity index (χ3v) is 5.91. The van der Waals surface area contributed by atoms with Crippen molar-refractivity contribution in [2.45, 2.75) is 47.1 Å². The van der Waals surface area contributed by atoms with Crippen LogP contribution in [0, 0.1) is 11.8 Å². The van der Waals surface area contributed by atoms with E-state index in [0.29, 0.717) is 31.6 Å². The number of phenolic OH excluding ortho intramolecular Hbond substituents is 2. The van der Waals surface area contributed by atoms with Crippen molar-refractivity contribution in [3.63, 3.8) is 0 Å². The number of benzene rings is 2. The van der Waals surface area contributed by atoms with Crippen LogP contribution in [0.15, 0.2) is 52.7 Å². The number of nitrogens with zero attached hydrogens (tertiary/aromatic N) is 4. The Morgan fingerprint density at radius 1 is 1.10 bits per heavy atom. The molecule has 1 aliphatic rings. The van der Waals surface area contributed by atoms with Gasteiger partial charge in [-0.3, -0.25) is 14.5 Å². The summed E-state index contributed by atoms with van der Waals surface area (Å²) in [5.41, 5.74) is 1.98. The standard InChI is InChI=1S/C25H31N5O5.C4H10/c1-3-27-23(33)16-30(24(28-26-2)21-9-8-20(31)14-22(21)32)19-6-4-17(5-7-19)15-29-12-10-18(11-13-29)25(34)35;1-4(2)3/h4-9,14,18,31-32H,2-3,10-13,15-16H2,1H3,(H,27,33)(H,34,35);4H,1-3H3/b28-24-;. The zero-order valence-corrected chi connectivity index (χ0v) is 23.3. The molecule has 1 amide bonds. The maximum absolute atomic E-state index is 12.5. The fourth-order valence-corrected chi connectivity index (χ4v) is 4.09. The van der Waals surface area contributed by atoms with Crippen LogP contribution < -0.4 is 10.2 Å². The van der Waals surface area contributed by atoms with Crippen molar-refractivity contribution in [3.8, 4) is 11.5 Å². The largest absolute Gasteiger partial charge is 0.508 e. The molecule has 1 heterocycles. The van der Waals surface area contributed by atoms with E-state index in [1.165, 1.54) is 18.2 Å². The number of phenols is 2. The summed E-state index contributed by atoms with van der Waals surface area (Å²) in [6, 6.07) is 11.7. The van der Waals surface area contributed by atoms with Gasteiger partial charge in [0.15, 0.2) is 5.84 Å². The van der Waals surface area contributed by atoms with Gasteiger partial charge in [0.05, 0.1) is 11.5 Å². The lowest BCUT2D eigenvalue weighted by molar-refractivity contribution is -0.143. The highest BCUT2D eigenvalue weighted by Gasteiger charge is 2.25. The van der Waals surface area contributed by atoms with Crippen LogP contribution >= 0.6 is 0 Å². The molecule has 0 aromatic heterocycles. The number of carboxylic acids is 1. The Morgan fingerprint density at radius 3 is 2.23 bits per heavy atom. The van der Waals surface area contributed by atoms with E-state index in [-0.39, 0.29) is 41.3 Å². The topological polar surface area (TPSA) is 138 Å². The number of rotatable bonds is 9. The van der Waals surface area contributed by atoms with Gasteiger partial charge < -0.3 is 25.5 Å². The Hall–Kier alpha value is -3.92. The molecule has 39 heavy (non-hydrogen) atoms. The molecule has 4 N–H and O–H groups in total. The van der Waals surface area contributed by atoms with E-state index >= 15 is 0 Å². The third kappa shape index (κ3) is 10.0. The second-order valence-electron chi connectivity index (χ2n) is 10.1. The molecule has 1 saturated heterocycles. The molecule has 2 aromatic rings. The molecule has 3 rings (SSSR count). The molecule has 1 fully saturated rings. The normalized spacial score (nSPS) is 14.3. The molecule has 0 radical (unpaired) electrons. The molecule has 0 aliphatic carbocycles. The van der Waals surface area contributed by atoms with Gasteiger partial charge in [0.2, 0.25) is 5.91 Å². The molecule has 1 aliphatic heterocycles. The number of likely N-dealkylation sites (N-methyl/N-ethyl adjacent to an activating group) is 1. The van der Waals surface area contributed by atoms with Gasteiger partial charge in [-0.15, -0.1) is 5.10 Å². The fraction of sp³-hybridized carbons (Fsp3) is 0.448. The van der Waals surface area contributed by atoms with Crippen LogP contribution in [-0.4, -0.2) is 70.8 Å². The van der Waals surface area contributed by atoms with Crippen molar-refractivity contribution in [1.82, 2.24) is 10.2 Å². The number of aliphatic carboxylic acids is 1. The number of hydrogen-bond donors (Lipinski definition) is 4. The zero-order valence-electron chi connectivity index (χ0n) is 23.3. The lowest BCUT2D eigenvalue weighted by Gasteiger charge is -2.30. The van der Waals surface area contributed by atoms with Crippen molar-refractivity contribution in [3.05, 3.63) is 53.6 Å². The number of anilines is 1. The van der Waals surface area contributed by atoms with E-state index in [1.54, 1.807) is 4.90 Å². The summed E-state index contributed by atoms with van der Waals surface area (Å²) < 4.78 is 0. The van der Waals surface area contributed by atoms with E-state index in [0.717, 1.165) is 24.6 Å². The number of carboxylic acid groups (broad SMARTS) is 1. The van der Waals surface area contributed by atoms with Gasteiger partial charge in [-0.1, -0.05) is 32.9 Å². The molecule has 0 saturated carbocycles. The van der Waals surface area contributed by atoms with Crippen LogP contribution in [0.25, 0.3) is 0 Å². The molecular formula is C29H41N5O5. The lowest BCUT2D eigenvalue weighted by Crippen LogP contribution is -2.41. The van der Waals surface area contributed by atoms with Crippen LogP contribution in [0.3, 0.4) is 0 Å². The maximum atomic E-state index is 12.5. The van der Waals surface area contributed by atoms with Gasteiger partial charge in [-0.2, -0.15) is 5.10 Å². The van der Waals surface area contributed by atoms with Gasteiger partial charge in [0.25, 0.3) is 0 Å². The number of carbonyl (C=O) groups excluding carboxylic acids is 1. The van der Waals surface area contributed by atoms with Crippen LogP contribution in [-0.2, 0) is 16.1 Å². The second kappa shape index (κ2) is 15.5. The minimum Gasteiger partial charge on any atom is -0.508 e. The average Bonchev–Trinajstić information content (AvgIpc) is 2.87. The summed E-state index contributed by atoms with van der Waals surface area (Å²) in [5.74, 6) is -0.532. The molecule has 0 bridgehead atoms. The average molecular weight is 540 g/mol. The molecule has 0 atom stereocenters. The minimum atomic E-state index is -0.729. The van der Waals surface area contributed by atoms with Crippen molar-refractivity contribution in [2.75, 3.05) is 31.1 Å². The number of amidine groups is 1. The predicted octanol–water partition coefficient (Wildman–Crippen LogP) is 4.06. The molecule has 10 nitrogen and oxygen atoms in total. The summed E-state index contributed by atoms with van der Waals surface area (Å²) in [5, 5.41) is 39.8. The van der Waals surface area contributed by atoms with Crippen molar-refractivity contribution in [1.29, 1.82) is 0 Å². The smallest absolute Gasteiger partial charge is 0.306 e. The highest BCUT2D eigenvalue weighted by Crippen LogP contribution is 2.27. The van der Waals surface area contributed by atoms with E-state index < -0.39 is 5.97 Å². The minimum absolute atomic E-state index is 0.0788. The number of aromatic hydroxyl groups is 2. The first-order valence-electron chi connectivity index (χ1n) is 13.2. The van der Waals surface area contributed by atoms with Crippen LogP contribution in [0.1, 0.15) is 51.7 Å². The highest BCUT2D eigenvalue weighted by molar-refractivity contribution is 6.13. The Balaban J connectivity index is 0.00000124. The van der Waals surface area contributed by atoms with E-state index in [9.17, 15) is 24.9 Å². The number of likely N-dealkylation sites (tertiary alicyclic amines) is 1. The van der Waals surface area contributed by atoms with Gasteiger partial charge in [0, 0.05) is 31.6 Å². The number of hydrogen-bond acceptors (Lipinski definition) is 7. The summed E-state index contributed by atoms with van der Waals surface area (Å²) in [7, 11) is 0. The second-order valence-corrected chi connectivity index (χ2v) is 10.1. The lowest BCUT2D eigenvalue weighted by atomic mass is 9.97. The molecule has 10 heteroatoms. The number of nitrogens with one attached hydrogen (secondary N) is 1. The van der Waals surface area contributed by atoms with Crippen LogP contribution in [0.4, 0.5) is 5.69 Å². The van der Waals surface area contributed by atoms with Gasteiger partial charge in [-0.05, 0) is 68.6 Å². The quantitative estimate of drug-likeness (QED) is 0.214. The van der Waals surface area contributed by atoms with E-state index in [2.05, 4.69) is 47.9 Å².